The third-order valence-electron chi connectivity index (χ3n) is 17.7. The molecule has 0 saturated heterocycles. The number of hydrogen-bond donors (Lipinski definition) is 10. The summed E-state index contributed by atoms with van der Waals surface area (Å²) in [5.41, 5.74) is 5.69. The molecule has 75 heavy (non-hydrogen) atoms. The van der Waals surface area contributed by atoms with E-state index >= 15 is 9.59 Å². The fourth-order valence-corrected chi connectivity index (χ4v) is 13.8. The van der Waals surface area contributed by atoms with E-state index in [1.165, 1.54) is 0 Å². The maximum absolute atomic E-state index is 16.1. The number of H-pyrrole nitrogens is 2. The second kappa shape index (κ2) is 21.0. The maximum Gasteiger partial charge on any atom is 0.163 e. The number of aliphatic hydroxyl groups is 4. The van der Waals surface area contributed by atoms with Crippen LogP contribution >= 0.6 is 0 Å². The SMILES string of the molecule is CNCC1C#CC2Nc3[nH]ccc3Cc3cc(ccc3C3(CCCC3)C1O)C(O)c1cc(cc(OC3CCCC3)c1O)CCC(=O)C(CCO)C(=O)C1C2=Cc2[nH]ccc2C1CC1(O)C=Cc2c(O)cccc2CC1. The highest BCUT2D eigenvalue weighted by atomic mass is 16.5. The first-order valence-corrected chi connectivity index (χ1v) is 27.3. The van der Waals surface area contributed by atoms with Gasteiger partial charge in [-0.3, -0.25) is 9.59 Å². The molecule has 4 heterocycles. The first kappa shape index (κ1) is 50.7. The van der Waals surface area contributed by atoms with Crippen LogP contribution in [0.15, 0.2) is 84.7 Å². The van der Waals surface area contributed by atoms with Gasteiger partial charge in [-0.15, -0.1) is 0 Å². The van der Waals surface area contributed by atoms with Crippen LogP contribution in [0, 0.1) is 29.6 Å². The number of hydrogen-bond acceptors (Lipinski definition) is 11. The average molecular weight is 1020 g/mol. The van der Waals surface area contributed by atoms with E-state index in [0.717, 1.165) is 84.9 Å². The van der Waals surface area contributed by atoms with Gasteiger partial charge < -0.3 is 56.0 Å². The normalized spacial score (nSPS) is 27.4. The number of benzene rings is 3. The Morgan fingerprint density at radius 2 is 1.67 bits per heavy atom. The second-order valence-electron chi connectivity index (χ2n) is 22.3. The van der Waals surface area contributed by atoms with E-state index < -0.39 is 65.3 Å². The summed E-state index contributed by atoms with van der Waals surface area (Å²) in [7, 11) is 1.84. The minimum absolute atomic E-state index is 0.0793. The van der Waals surface area contributed by atoms with E-state index in [1.807, 2.05) is 55.8 Å². The van der Waals surface area contributed by atoms with Crippen LogP contribution < -0.4 is 15.4 Å². The van der Waals surface area contributed by atoms with Gasteiger partial charge in [0.15, 0.2) is 17.3 Å². The fourth-order valence-electron chi connectivity index (χ4n) is 13.8. The number of aromatic hydroxyl groups is 2. The highest BCUT2D eigenvalue weighted by Crippen LogP contribution is 2.51. The van der Waals surface area contributed by atoms with Gasteiger partial charge in [0.25, 0.3) is 0 Å². The van der Waals surface area contributed by atoms with Crippen LogP contribution in [0.25, 0.3) is 12.2 Å². The molecule has 8 atom stereocenters. The highest BCUT2D eigenvalue weighted by molar-refractivity contribution is 6.05. The molecule has 6 aliphatic rings. The first-order chi connectivity index (χ1) is 36.4. The lowest BCUT2D eigenvalue weighted by molar-refractivity contribution is -0.135. The summed E-state index contributed by atoms with van der Waals surface area (Å²) in [5.74, 6) is 3.63. The molecule has 2 saturated carbocycles. The number of phenolic OH excluding ortho intramolecular Hbond substituents is 2. The van der Waals surface area contributed by atoms with Gasteiger partial charge in [-0.25, -0.2) is 0 Å². The lowest BCUT2D eigenvalue weighted by Crippen LogP contribution is -2.45. The van der Waals surface area contributed by atoms with Crippen LogP contribution in [0.4, 0.5) is 5.82 Å². The van der Waals surface area contributed by atoms with Gasteiger partial charge in [0.1, 0.15) is 29.5 Å². The molecule has 4 aliphatic carbocycles. The van der Waals surface area contributed by atoms with Crippen molar-refractivity contribution in [2.75, 3.05) is 25.5 Å². The van der Waals surface area contributed by atoms with Gasteiger partial charge in [0.05, 0.1) is 29.6 Å². The zero-order chi connectivity index (χ0) is 52.0. The maximum atomic E-state index is 16.1. The highest BCUT2D eigenvalue weighted by Gasteiger charge is 2.49. The number of rotatable bonds is 8. The molecule has 1 spiro atoms. The van der Waals surface area contributed by atoms with Crippen LogP contribution in [0.1, 0.15) is 145 Å². The zero-order valence-corrected chi connectivity index (χ0v) is 42.7. The molecule has 2 aromatic heterocycles. The third-order valence-corrected chi connectivity index (χ3v) is 17.7. The van der Waals surface area contributed by atoms with Crippen LogP contribution in [0.2, 0.25) is 0 Å². The smallest absolute Gasteiger partial charge is 0.163 e. The summed E-state index contributed by atoms with van der Waals surface area (Å²) >= 11 is 0. The van der Waals surface area contributed by atoms with Gasteiger partial charge >= 0.3 is 0 Å². The summed E-state index contributed by atoms with van der Waals surface area (Å²) in [6.45, 7) is -0.0743. The van der Waals surface area contributed by atoms with Crippen molar-refractivity contribution in [1.82, 2.24) is 15.3 Å². The number of aromatic nitrogens is 2. The van der Waals surface area contributed by atoms with Crippen molar-refractivity contribution in [2.24, 2.45) is 17.8 Å². The number of phenols is 2. The molecule has 5 bridgehead atoms. The molecule has 5 aromatic rings. The Hall–Kier alpha value is -6.40. The second-order valence-corrected chi connectivity index (χ2v) is 22.3. The first-order valence-electron chi connectivity index (χ1n) is 27.3. The van der Waals surface area contributed by atoms with Crippen LogP contribution in [-0.4, -0.2) is 96.2 Å². The zero-order valence-electron chi connectivity index (χ0n) is 42.7. The molecular weight excluding hydrogens is 945 g/mol. The number of nitrogens with one attached hydrogen (secondary N) is 4. The molecule has 3 aromatic carbocycles. The Bertz CT molecular complexity index is 3090. The standard InChI is InChI=1S/C62H70N4O9/c1-63-35-40-13-15-50-46-33-51-44(20-27-64-51)48(34-61(74)24-17-37-7-6-10-52(68)43(37)18-25-61)55(46)58(72)45(21-28-67)53(69)16-11-36-29-47(57(71)54(30-36)75-42-8-2-3-9-42)56(70)38-12-14-49(62(59(40)73)22-4-5-23-62)41(31-38)32-39-19-26-65-60(39)66-50/h6-7,10,12,14,18-20,25-27,29-31,33,40,42,45,48,50,55-56,59,63-68,70-71,73-74H,2-5,8-9,11,16-17,21-24,28,32,34-35H2,1H3. The minimum atomic E-state index is -1.46. The van der Waals surface area contributed by atoms with E-state index in [1.54, 1.807) is 36.4 Å². The Morgan fingerprint density at radius 1 is 0.853 bits per heavy atom. The van der Waals surface area contributed by atoms with Crippen LogP contribution in [0.3, 0.4) is 0 Å². The van der Waals surface area contributed by atoms with Gasteiger partial charge in [-0.05, 0) is 159 Å². The number of carbonyl (C=O) groups excluding carboxylic acids is 2. The average Bonchev–Trinajstić information content (AvgIpc) is 4.26. The summed E-state index contributed by atoms with van der Waals surface area (Å²) < 4.78 is 6.50. The van der Waals surface area contributed by atoms with E-state index in [4.69, 9.17) is 4.74 Å². The van der Waals surface area contributed by atoms with Crippen molar-refractivity contribution < 1.29 is 45.0 Å². The van der Waals surface area contributed by atoms with Gasteiger partial charge in [-0.1, -0.05) is 67.2 Å². The lowest BCUT2D eigenvalue weighted by atomic mass is 9.65. The molecular formula is C62H70N4O9. The molecule has 10 N–H and O–H groups in total. The summed E-state index contributed by atoms with van der Waals surface area (Å²) in [4.78, 5) is 38.0. The molecule has 0 radical (unpaired) electrons. The number of fused-ring (bicyclic) bond motifs is 9. The molecule has 392 valence electrons. The van der Waals surface area contributed by atoms with Crippen molar-refractivity contribution in [3.8, 4) is 29.1 Å². The van der Waals surface area contributed by atoms with Crippen molar-refractivity contribution >= 4 is 29.5 Å². The molecule has 2 fully saturated rings. The topological polar surface area (TPSA) is 220 Å². The van der Waals surface area contributed by atoms with E-state index in [0.29, 0.717) is 53.9 Å². The largest absolute Gasteiger partial charge is 0.507 e. The summed E-state index contributed by atoms with van der Waals surface area (Å²) in [6, 6.07) is 17.9. The van der Waals surface area contributed by atoms with E-state index in [9.17, 15) is 30.6 Å². The predicted molar refractivity (Wildman–Crippen MR) is 287 cm³/mol. The third kappa shape index (κ3) is 9.65. The van der Waals surface area contributed by atoms with Crippen molar-refractivity contribution in [3.63, 3.8) is 0 Å². The van der Waals surface area contributed by atoms with Crippen LogP contribution in [-0.2, 0) is 34.3 Å². The number of anilines is 1. The van der Waals surface area contributed by atoms with Crippen molar-refractivity contribution in [2.45, 2.75) is 138 Å². The Labute approximate surface area is 438 Å². The molecule has 13 nitrogen and oxygen atoms in total. The predicted octanol–water partition coefficient (Wildman–Crippen LogP) is 8.21. The van der Waals surface area contributed by atoms with Gasteiger partial charge in [0, 0.05) is 72.5 Å². The molecule has 0 amide bonds. The van der Waals surface area contributed by atoms with Crippen molar-refractivity contribution in [1.29, 1.82) is 0 Å². The number of Topliss-reactive ketones (excluding diaryl/α,β-unsaturated/α-hetero) is 2. The molecule has 8 unspecified atom stereocenters. The molecule has 13 heteroatoms. The quantitative estimate of drug-likeness (QED) is 0.0527. The summed E-state index contributed by atoms with van der Waals surface area (Å²) in [5, 5.41) is 79.2. The number of ether oxygens (including phenoxy) is 1. The minimum Gasteiger partial charge on any atom is -0.507 e. The van der Waals surface area contributed by atoms with E-state index in [2.05, 4.69) is 38.5 Å². The number of aryl methyl sites for hydroxylation is 2. The van der Waals surface area contributed by atoms with Crippen molar-refractivity contribution in [3.05, 3.63) is 140 Å². The molecule has 2 aliphatic heterocycles. The lowest BCUT2D eigenvalue weighted by Gasteiger charge is -2.40. The van der Waals surface area contributed by atoms with Crippen LogP contribution in [0.5, 0.6) is 17.2 Å². The van der Waals surface area contributed by atoms with E-state index in [-0.39, 0.29) is 60.4 Å². The Kier molecular flexibility index (Phi) is 14.2. The molecule has 11 rings (SSSR count). The summed E-state index contributed by atoms with van der Waals surface area (Å²) in [6.07, 6.45) is 14.8. The van der Waals surface area contributed by atoms with Gasteiger partial charge in [0.2, 0.25) is 0 Å². The number of aromatic amines is 2. The number of ketones is 2. The number of aliphatic hydroxyl groups excluding tert-OH is 3. The Morgan fingerprint density at radius 3 is 2.47 bits per heavy atom. The monoisotopic (exact) mass is 1010 g/mol. The van der Waals surface area contributed by atoms with Gasteiger partial charge in [-0.2, -0.15) is 0 Å². The Balaban J connectivity index is 1.12. The number of carbonyl (C=O) groups is 2. The fraction of sp³-hybridized carbons (Fsp3) is 0.452.